The number of hydrogen-bond acceptors (Lipinski definition) is 4. The minimum absolute atomic E-state index is 0.0871. The van der Waals surface area contributed by atoms with Gasteiger partial charge in [0.25, 0.3) is 5.91 Å². The van der Waals surface area contributed by atoms with Crippen molar-refractivity contribution in [3.8, 4) is 6.07 Å². The van der Waals surface area contributed by atoms with Gasteiger partial charge in [0.1, 0.15) is 11.6 Å². The standard InChI is InChI=1S/C23H33N3O2/c1-4-22(20-11-10-18-8-5-6-9-19(18)14-20)26-23(27)21(15-24)16-25-12-7-13-28-17(2)3/h10-11,14,16-17,22,25H,4-9,12-13H2,1-3H3,(H,26,27)/b21-16-. The normalized spacial score (nSPS) is 14.9. The maximum atomic E-state index is 12.5. The molecule has 1 unspecified atom stereocenters. The minimum Gasteiger partial charge on any atom is -0.390 e. The van der Waals surface area contributed by atoms with Crippen LogP contribution in [0.3, 0.4) is 0 Å². The van der Waals surface area contributed by atoms with Crippen LogP contribution in [0.4, 0.5) is 0 Å². The molecule has 0 saturated heterocycles. The lowest BCUT2D eigenvalue weighted by atomic mass is 9.88. The van der Waals surface area contributed by atoms with Gasteiger partial charge >= 0.3 is 0 Å². The Kier molecular flexibility index (Phi) is 9.03. The van der Waals surface area contributed by atoms with Gasteiger partial charge in [-0.2, -0.15) is 5.26 Å². The van der Waals surface area contributed by atoms with Crippen molar-refractivity contribution in [3.63, 3.8) is 0 Å². The van der Waals surface area contributed by atoms with Gasteiger partial charge in [0, 0.05) is 19.4 Å². The fraction of sp³-hybridized carbons (Fsp3) is 0.565. The van der Waals surface area contributed by atoms with E-state index in [1.807, 2.05) is 26.8 Å². The molecule has 5 nitrogen and oxygen atoms in total. The van der Waals surface area contributed by atoms with Crippen molar-refractivity contribution in [2.45, 2.75) is 71.4 Å². The van der Waals surface area contributed by atoms with Crippen molar-refractivity contribution in [2.75, 3.05) is 13.2 Å². The van der Waals surface area contributed by atoms with E-state index in [1.165, 1.54) is 30.2 Å². The van der Waals surface area contributed by atoms with Crippen molar-refractivity contribution < 1.29 is 9.53 Å². The fourth-order valence-electron chi connectivity index (χ4n) is 3.44. The maximum Gasteiger partial charge on any atom is 0.263 e. The number of fused-ring (bicyclic) bond motifs is 1. The first kappa shape index (κ1) is 22.0. The fourth-order valence-corrected chi connectivity index (χ4v) is 3.44. The van der Waals surface area contributed by atoms with Crippen molar-refractivity contribution in [1.82, 2.24) is 10.6 Å². The summed E-state index contributed by atoms with van der Waals surface area (Å²) in [5.41, 5.74) is 4.05. The molecule has 2 N–H and O–H groups in total. The number of nitrogens with zero attached hydrogens (tertiary/aromatic N) is 1. The molecule has 1 aromatic carbocycles. The maximum absolute atomic E-state index is 12.5. The Hall–Kier alpha value is -2.32. The highest BCUT2D eigenvalue weighted by molar-refractivity contribution is 5.97. The molecule has 0 bridgehead atoms. The number of aryl methyl sites for hydroxylation is 2. The van der Waals surface area contributed by atoms with Crippen LogP contribution >= 0.6 is 0 Å². The summed E-state index contributed by atoms with van der Waals surface area (Å²) in [6.07, 6.45) is 8.07. The quantitative estimate of drug-likeness (QED) is 0.364. The van der Waals surface area contributed by atoms with Gasteiger partial charge < -0.3 is 15.4 Å². The van der Waals surface area contributed by atoms with Crippen LogP contribution in [0.25, 0.3) is 0 Å². The van der Waals surface area contributed by atoms with Gasteiger partial charge in [-0.1, -0.05) is 25.1 Å². The summed E-state index contributed by atoms with van der Waals surface area (Å²) >= 11 is 0. The van der Waals surface area contributed by atoms with Gasteiger partial charge in [-0.3, -0.25) is 4.79 Å². The van der Waals surface area contributed by atoms with Gasteiger partial charge in [-0.25, -0.2) is 0 Å². The predicted molar refractivity (Wildman–Crippen MR) is 112 cm³/mol. The zero-order valence-electron chi connectivity index (χ0n) is 17.4. The monoisotopic (exact) mass is 383 g/mol. The molecular weight excluding hydrogens is 350 g/mol. The first-order chi connectivity index (χ1) is 13.5. The highest BCUT2D eigenvalue weighted by atomic mass is 16.5. The van der Waals surface area contributed by atoms with Gasteiger partial charge in [0.15, 0.2) is 0 Å². The number of carbonyl (C=O) groups is 1. The van der Waals surface area contributed by atoms with E-state index in [2.05, 4.69) is 28.8 Å². The van der Waals surface area contributed by atoms with Gasteiger partial charge in [0.2, 0.25) is 0 Å². The van der Waals surface area contributed by atoms with Crippen molar-refractivity contribution in [2.24, 2.45) is 0 Å². The zero-order valence-corrected chi connectivity index (χ0v) is 17.4. The van der Waals surface area contributed by atoms with Crippen molar-refractivity contribution in [1.29, 1.82) is 5.26 Å². The second-order valence-electron chi connectivity index (χ2n) is 7.57. The van der Waals surface area contributed by atoms with Crippen LogP contribution in [0.5, 0.6) is 0 Å². The van der Waals surface area contributed by atoms with Crippen LogP contribution in [-0.2, 0) is 22.4 Å². The Morgan fingerprint density at radius 1 is 1.29 bits per heavy atom. The highest BCUT2D eigenvalue weighted by Gasteiger charge is 2.18. The third-order valence-corrected chi connectivity index (χ3v) is 5.02. The van der Waals surface area contributed by atoms with E-state index in [4.69, 9.17) is 4.74 Å². The summed E-state index contributed by atoms with van der Waals surface area (Å²) in [7, 11) is 0. The Labute approximate surface area is 169 Å². The second kappa shape index (κ2) is 11.5. The number of nitrogens with one attached hydrogen (secondary N) is 2. The van der Waals surface area contributed by atoms with Gasteiger partial charge in [-0.15, -0.1) is 0 Å². The molecule has 28 heavy (non-hydrogen) atoms. The minimum atomic E-state index is -0.335. The predicted octanol–water partition coefficient (Wildman–Crippen LogP) is 3.94. The third-order valence-electron chi connectivity index (χ3n) is 5.02. The van der Waals surface area contributed by atoms with Crippen LogP contribution in [0.1, 0.15) is 69.2 Å². The van der Waals surface area contributed by atoms with E-state index >= 15 is 0 Å². The Morgan fingerprint density at radius 3 is 2.71 bits per heavy atom. The molecule has 0 aromatic heterocycles. The Balaban J connectivity index is 1.92. The van der Waals surface area contributed by atoms with E-state index in [9.17, 15) is 10.1 Å². The topological polar surface area (TPSA) is 74.2 Å². The number of amides is 1. The molecule has 0 fully saturated rings. The van der Waals surface area contributed by atoms with Crippen LogP contribution < -0.4 is 10.6 Å². The smallest absolute Gasteiger partial charge is 0.263 e. The van der Waals surface area contributed by atoms with Crippen molar-refractivity contribution >= 4 is 5.91 Å². The van der Waals surface area contributed by atoms with Gasteiger partial charge in [-0.05, 0) is 69.1 Å². The lowest BCUT2D eigenvalue weighted by Gasteiger charge is -2.21. The van der Waals surface area contributed by atoms with Gasteiger partial charge in [0.05, 0.1) is 12.1 Å². The van der Waals surface area contributed by atoms with Crippen LogP contribution in [-0.4, -0.2) is 25.2 Å². The van der Waals surface area contributed by atoms with E-state index in [0.29, 0.717) is 13.2 Å². The molecule has 0 heterocycles. The molecule has 1 aliphatic carbocycles. The van der Waals surface area contributed by atoms with E-state index in [-0.39, 0.29) is 23.6 Å². The molecule has 0 radical (unpaired) electrons. The number of benzene rings is 1. The summed E-state index contributed by atoms with van der Waals surface area (Å²) in [5, 5.41) is 15.4. The number of carbonyl (C=O) groups excluding carboxylic acids is 1. The average Bonchev–Trinajstić information content (AvgIpc) is 2.70. The molecule has 152 valence electrons. The molecule has 1 aromatic rings. The van der Waals surface area contributed by atoms with Crippen LogP contribution in [0.15, 0.2) is 30.0 Å². The number of nitriles is 1. The summed E-state index contributed by atoms with van der Waals surface area (Å²) < 4.78 is 5.47. The summed E-state index contributed by atoms with van der Waals surface area (Å²) in [4.78, 5) is 12.5. The summed E-state index contributed by atoms with van der Waals surface area (Å²) in [6, 6.07) is 8.45. The average molecular weight is 384 g/mol. The number of rotatable bonds is 10. The first-order valence-electron chi connectivity index (χ1n) is 10.4. The first-order valence-corrected chi connectivity index (χ1v) is 10.4. The SMILES string of the molecule is CCC(NC(=O)/C(C#N)=C\NCCCOC(C)C)c1ccc2c(c1)CCCC2. The molecule has 5 heteroatoms. The van der Waals surface area contributed by atoms with Crippen LogP contribution in [0.2, 0.25) is 0 Å². The molecule has 0 spiro atoms. The highest BCUT2D eigenvalue weighted by Crippen LogP contribution is 2.26. The van der Waals surface area contributed by atoms with E-state index in [0.717, 1.165) is 31.2 Å². The zero-order chi connectivity index (χ0) is 20.4. The molecule has 1 amide bonds. The molecule has 1 atom stereocenters. The van der Waals surface area contributed by atoms with E-state index < -0.39 is 0 Å². The molecule has 2 rings (SSSR count). The molecular formula is C23H33N3O2. The molecule has 1 aliphatic rings. The lowest BCUT2D eigenvalue weighted by Crippen LogP contribution is -2.30. The molecule has 0 aliphatic heterocycles. The summed E-state index contributed by atoms with van der Waals surface area (Å²) in [5.74, 6) is -0.335. The number of ether oxygens (including phenoxy) is 1. The summed E-state index contributed by atoms with van der Waals surface area (Å²) in [6.45, 7) is 7.36. The Morgan fingerprint density at radius 2 is 2.04 bits per heavy atom. The molecule has 0 saturated carbocycles. The van der Waals surface area contributed by atoms with E-state index in [1.54, 1.807) is 0 Å². The third kappa shape index (κ3) is 6.69. The largest absolute Gasteiger partial charge is 0.390 e. The van der Waals surface area contributed by atoms with Crippen molar-refractivity contribution in [3.05, 3.63) is 46.7 Å². The second-order valence-corrected chi connectivity index (χ2v) is 7.57. The Bertz CT molecular complexity index is 719. The number of hydrogen-bond donors (Lipinski definition) is 2. The van der Waals surface area contributed by atoms with Crippen LogP contribution in [0, 0.1) is 11.3 Å². The lowest BCUT2D eigenvalue weighted by molar-refractivity contribution is -0.117.